The van der Waals surface area contributed by atoms with Crippen LogP contribution in [0.1, 0.15) is 45.6 Å². The van der Waals surface area contributed by atoms with E-state index in [2.05, 4.69) is 44.4 Å². The van der Waals surface area contributed by atoms with Gasteiger partial charge in [-0.3, -0.25) is 0 Å². The first kappa shape index (κ1) is 17.6. The number of nitrogens with one attached hydrogen (secondary N) is 1. The van der Waals surface area contributed by atoms with Crippen LogP contribution in [0, 0.1) is 6.92 Å². The Labute approximate surface area is 123 Å². The zero-order valence-electron chi connectivity index (χ0n) is 12.5. The fraction of sp³-hybridized carbons (Fsp3) is 0.438. The van der Waals surface area contributed by atoms with Crippen LogP contribution in [-0.4, -0.2) is 5.11 Å². The molecule has 0 aromatic heterocycles. The molecule has 0 atom stereocenters. The van der Waals surface area contributed by atoms with Crippen LogP contribution >= 0.6 is 12.2 Å². The lowest BCUT2D eigenvalue weighted by atomic mass is 10.1. The number of hydrogen-bond acceptors (Lipinski definition) is 1. The molecule has 0 saturated heterocycles. The van der Waals surface area contributed by atoms with Crippen LogP contribution in [0.4, 0.5) is 5.69 Å². The normalized spacial score (nSPS) is 10.4. The molecule has 0 amide bonds. The van der Waals surface area contributed by atoms with Gasteiger partial charge in [0.2, 0.25) is 0 Å². The summed E-state index contributed by atoms with van der Waals surface area (Å²) in [6.45, 7) is 8.57. The highest BCUT2D eigenvalue weighted by Gasteiger charge is 1.91. The van der Waals surface area contributed by atoms with Crippen molar-refractivity contribution < 1.29 is 0 Å². The third-order valence-electron chi connectivity index (χ3n) is 2.72. The van der Waals surface area contributed by atoms with Crippen LogP contribution < -0.4 is 11.1 Å². The van der Waals surface area contributed by atoms with E-state index >= 15 is 0 Å². The second-order valence-corrected chi connectivity index (χ2v) is 4.85. The van der Waals surface area contributed by atoms with Gasteiger partial charge < -0.3 is 11.1 Å². The Kier molecular flexibility index (Phi) is 9.81. The predicted molar refractivity (Wildman–Crippen MR) is 90.5 cm³/mol. The van der Waals surface area contributed by atoms with E-state index in [4.69, 9.17) is 5.73 Å². The molecule has 0 saturated carbocycles. The van der Waals surface area contributed by atoms with Crippen molar-refractivity contribution in [2.75, 3.05) is 5.32 Å². The Morgan fingerprint density at radius 1 is 1.37 bits per heavy atom. The molecule has 0 fully saturated rings. The van der Waals surface area contributed by atoms with Crippen molar-refractivity contribution in [2.45, 2.75) is 47.0 Å². The van der Waals surface area contributed by atoms with Crippen LogP contribution in [0.25, 0.3) is 0 Å². The number of anilines is 1. The van der Waals surface area contributed by atoms with Gasteiger partial charge >= 0.3 is 0 Å². The van der Waals surface area contributed by atoms with Crippen molar-refractivity contribution >= 4 is 23.0 Å². The lowest BCUT2D eigenvalue weighted by Crippen LogP contribution is -2.18. The van der Waals surface area contributed by atoms with Gasteiger partial charge in [-0.2, -0.15) is 0 Å². The summed E-state index contributed by atoms with van der Waals surface area (Å²) in [6.07, 6.45) is 6.02. The molecule has 0 unspecified atom stereocenters. The summed E-state index contributed by atoms with van der Waals surface area (Å²) >= 11 is 4.69. The van der Waals surface area contributed by atoms with Gasteiger partial charge in [0.25, 0.3) is 0 Å². The summed E-state index contributed by atoms with van der Waals surface area (Å²) in [4.78, 5) is 0. The highest BCUT2D eigenvalue weighted by molar-refractivity contribution is 7.80. The minimum absolute atomic E-state index is 0.301. The number of hydrogen-bond donors (Lipinski definition) is 2. The summed E-state index contributed by atoms with van der Waals surface area (Å²) in [5, 5.41) is 3.16. The Morgan fingerprint density at radius 2 is 2.05 bits per heavy atom. The molecule has 0 aliphatic heterocycles. The van der Waals surface area contributed by atoms with Gasteiger partial charge in [0, 0.05) is 5.69 Å². The molecule has 2 nitrogen and oxygen atoms in total. The Balaban J connectivity index is 0.000000362. The minimum atomic E-state index is 0.301. The third kappa shape index (κ3) is 9.25. The second-order valence-electron chi connectivity index (χ2n) is 4.41. The van der Waals surface area contributed by atoms with Gasteiger partial charge in [-0.1, -0.05) is 44.1 Å². The molecule has 1 aromatic carbocycles. The zero-order chi connectivity index (χ0) is 14.7. The van der Waals surface area contributed by atoms with Crippen LogP contribution in [0.2, 0.25) is 0 Å². The molecule has 0 radical (unpaired) electrons. The summed E-state index contributed by atoms with van der Waals surface area (Å²) in [5.41, 5.74) is 9.01. The maximum atomic E-state index is 5.29. The molecular weight excluding hydrogens is 252 g/mol. The fourth-order valence-electron chi connectivity index (χ4n) is 1.71. The average molecular weight is 278 g/mol. The number of nitrogens with two attached hydrogens (primary N) is 1. The topological polar surface area (TPSA) is 38.0 Å². The molecule has 3 heteroatoms. The zero-order valence-corrected chi connectivity index (χ0v) is 13.3. The van der Waals surface area contributed by atoms with Crippen molar-refractivity contribution in [1.29, 1.82) is 0 Å². The summed E-state index contributed by atoms with van der Waals surface area (Å²) in [5.74, 6) is 0. The first-order valence-electron chi connectivity index (χ1n) is 6.80. The molecule has 0 aliphatic carbocycles. The summed E-state index contributed by atoms with van der Waals surface area (Å²) in [6, 6.07) is 7.88. The van der Waals surface area contributed by atoms with E-state index in [9.17, 15) is 0 Å². The van der Waals surface area contributed by atoms with Crippen LogP contribution in [-0.2, 0) is 0 Å². The van der Waals surface area contributed by atoms with Gasteiger partial charge in [-0.05, 0) is 56.6 Å². The quantitative estimate of drug-likeness (QED) is 0.614. The summed E-state index contributed by atoms with van der Waals surface area (Å²) in [7, 11) is 0. The molecule has 1 aromatic rings. The first-order chi connectivity index (χ1) is 9.03. The number of aryl methyl sites for hydroxylation is 1. The molecule has 0 spiro atoms. The molecule has 1 rings (SSSR count). The van der Waals surface area contributed by atoms with Crippen molar-refractivity contribution in [2.24, 2.45) is 5.73 Å². The number of thiocarbonyl (C=S) groups is 1. The smallest absolute Gasteiger partial charge is 0.168 e. The van der Waals surface area contributed by atoms with Gasteiger partial charge in [-0.25, -0.2) is 0 Å². The monoisotopic (exact) mass is 278 g/mol. The lowest BCUT2D eigenvalue weighted by Gasteiger charge is -2.03. The third-order valence-corrected chi connectivity index (χ3v) is 2.82. The van der Waals surface area contributed by atoms with Gasteiger partial charge in [-0.15, -0.1) is 0 Å². The Morgan fingerprint density at radius 3 is 2.42 bits per heavy atom. The van der Waals surface area contributed by atoms with Gasteiger partial charge in [0.05, 0.1) is 0 Å². The Hall–Kier alpha value is -1.35. The van der Waals surface area contributed by atoms with E-state index in [0.29, 0.717) is 5.11 Å². The molecule has 0 heterocycles. The maximum absolute atomic E-state index is 5.29. The summed E-state index contributed by atoms with van der Waals surface area (Å²) < 4.78 is 0. The minimum Gasteiger partial charge on any atom is -0.376 e. The fourth-order valence-corrected chi connectivity index (χ4v) is 1.83. The van der Waals surface area contributed by atoms with Crippen LogP contribution in [0.15, 0.2) is 35.9 Å². The molecular formula is C16H26N2S. The molecule has 0 bridgehead atoms. The van der Waals surface area contributed by atoms with Crippen molar-refractivity contribution in [3.05, 3.63) is 41.5 Å². The number of rotatable bonds is 4. The largest absolute Gasteiger partial charge is 0.376 e. The van der Waals surface area contributed by atoms with Crippen molar-refractivity contribution in [1.82, 2.24) is 0 Å². The van der Waals surface area contributed by atoms with Gasteiger partial charge in [0.1, 0.15) is 0 Å². The number of allylic oxidation sites excluding steroid dienone is 2. The van der Waals surface area contributed by atoms with Crippen molar-refractivity contribution in [3.63, 3.8) is 0 Å². The Bertz CT molecular complexity index is 411. The molecule has 106 valence electrons. The maximum Gasteiger partial charge on any atom is 0.168 e. The lowest BCUT2D eigenvalue weighted by molar-refractivity contribution is 0.856. The van der Waals surface area contributed by atoms with Crippen LogP contribution in [0.5, 0.6) is 0 Å². The molecule has 3 N–H and O–H groups in total. The van der Waals surface area contributed by atoms with E-state index in [1.807, 2.05) is 31.2 Å². The highest BCUT2D eigenvalue weighted by atomic mass is 32.1. The van der Waals surface area contributed by atoms with E-state index in [1.54, 1.807) is 5.57 Å². The average Bonchev–Trinajstić information content (AvgIpc) is 2.36. The molecule has 19 heavy (non-hydrogen) atoms. The van der Waals surface area contributed by atoms with E-state index in [1.165, 1.54) is 24.8 Å². The van der Waals surface area contributed by atoms with Gasteiger partial charge in [0.15, 0.2) is 5.11 Å². The second kappa shape index (κ2) is 10.6. The standard InChI is InChI=1S/C8H10N2S.C8H16/c1-6-3-2-4-7(5-6)10-8(9)11;1-4-7-8(5-2)6-3/h2-5H,1H3,(H3,9,10,11);5H,4,6-7H2,1-3H3/b;8-5-. The van der Waals surface area contributed by atoms with E-state index < -0.39 is 0 Å². The van der Waals surface area contributed by atoms with Crippen molar-refractivity contribution in [3.8, 4) is 0 Å². The predicted octanol–water partition coefficient (Wildman–Crippen LogP) is 4.79. The first-order valence-corrected chi connectivity index (χ1v) is 7.21. The molecule has 0 aliphatic rings. The van der Waals surface area contributed by atoms with E-state index in [-0.39, 0.29) is 0 Å². The SMILES string of the molecule is C/C=C(/CC)CCC.Cc1cccc(NC(N)=S)c1. The number of benzene rings is 1. The highest BCUT2D eigenvalue weighted by Crippen LogP contribution is 2.08. The van der Waals surface area contributed by atoms with E-state index in [0.717, 1.165) is 5.69 Å². The van der Waals surface area contributed by atoms with Crippen LogP contribution in [0.3, 0.4) is 0 Å².